The van der Waals surface area contributed by atoms with Gasteiger partial charge in [-0.05, 0) is 17.7 Å². The van der Waals surface area contributed by atoms with Gasteiger partial charge in [-0.1, -0.05) is 36.4 Å². The average molecular weight is 438 g/mol. The lowest BCUT2D eigenvalue weighted by Crippen LogP contribution is -2.31. The number of hydrogen-bond donors (Lipinski definition) is 4. The second kappa shape index (κ2) is 11.1. The number of aromatic amines is 2. The van der Waals surface area contributed by atoms with Crippen LogP contribution in [0.3, 0.4) is 0 Å². The molecule has 0 saturated heterocycles. The number of hydrogen-bond acceptors (Lipinski definition) is 8. The van der Waals surface area contributed by atoms with E-state index in [1.54, 1.807) is 25.3 Å². The van der Waals surface area contributed by atoms with E-state index < -0.39 is 17.2 Å². The molecule has 0 atom stereocenters. The molecule has 0 aliphatic heterocycles. The molecule has 1 aromatic heterocycles. The highest BCUT2D eigenvalue weighted by molar-refractivity contribution is 5.87. The smallest absolute Gasteiger partial charge is 0.342 e. The molecule has 0 aliphatic rings. The maximum atomic E-state index is 12.0. The minimum Gasteiger partial charge on any atom is -0.493 e. The molecule has 0 saturated carbocycles. The Bertz CT molecular complexity index is 1190. The van der Waals surface area contributed by atoms with E-state index in [-0.39, 0.29) is 12.4 Å². The largest absolute Gasteiger partial charge is 0.493 e. The van der Waals surface area contributed by atoms with Crippen molar-refractivity contribution in [2.24, 2.45) is 5.10 Å². The Balaban J connectivity index is 1.58. The number of H-pyrrole nitrogens is 2. The Morgan fingerprint density at radius 2 is 1.97 bits per heavy atom. The molecule has 3 rings (SSSR count). The molecular formula is C21H22N6O5. The molecule has 3 aromatic rings. The van der Waals surface area contributed by atoms with Gasteiger partial charge < -0.3 is 14.8 Å². The van der Waals surface area contributed by atoms with Gasteiger partial charge in [0.1, 0.15) is 0 Å². The number of carbonyl (C=O) groups excluding carboxylic acids is 1. The maximum Gasteiger partial charge on any atom is 0.342 e. The number of hydrazone groups is 1. The quantitative estimate of drug-likeness (QED) is 0.268. The molecule has 166 valence electrons. The van der Waals surface area contributed by atoms with Gasteiger partial charge >= 0.3 is 5.69 Å². The lowest BCUT2D eigenvalue weighted by atomic mass is 10.1. The topological polar surface area (TPSA) is 151 Å². The van der Waals surface area contributed by atoms with Crippen LogP contribution in [0.5, 0.6) is 11.5 Å². The molecule has 0 unspecified atom stereocenters. The van der Waals surface area contributed by atoms with Crippen molar-refractivity contribution in [3.63, 3.8) is 0 Å². The van der Waals surface area contributed by atoms with E-state index in [1.165, 1.54) is 6.21 Å². The zero-order chi connectivity index (χ0) is 22.8. The van der Waals surface area contributed by atoms with E-state index in [9.17, 15) is 14.4 Å². The van der Waals surface area contributed by atoms with Crippen molar-refractivity contribution >= 4 is 17.9 Å². The summed E-state index contributed by atoms with van der Waals surface area (Å²) in [6.45, 7) is 0.153. The highest BCUT2D eigenvalue weighted by atomic mass is 16.5. The van der Waals surface area contributed by atoms with Crippen molar-refractivity contribution in [2.75, 3.05) is 25.6 Å². The highest BCUT2D eigenvalue weighted by Crippen LogP contribution is 2.30. The monoisotopic (exact) mass is 438 g/mol. The van der Waals surface area contributed by atoms with Gasteiger partial charge in [0.05, 0.1) is 26.5 Å². The van der Waals surface area contributed by atoms with Gasteiger partial charge in [0.2, 0.25) is 5.82 Å². The van der Waals surface area contributed by atoms with E-state index in [0.29, 0.717) is 23.7 Å². The highest BCUT2D eigenvalue weighted by Gasteiger charge is 2.10. The standard InChI is InChI=1S/C21H22N6O5/c1-31-16-9-5-8-15(18(16)32-11-10-14-6-3-2-4-7-14)12-23-25-17(28)13-22-19-20(29)24-21(30)27-26-19/h2-9,12H,10-11,13H2,1H3,(H,22,26)(H,25,28)(H2,24,27,29,30)/b23-12+. The molecule has 0 fully saturated rings. The van der Waals surface area contributed by atoms with Crippen molar-refractivity contribution in [1.29, 1.82) is 0 Å². The summed E-state index contributed by atoms with van der Waals surface area (Å²) in [5.74, 6) is 0.332. The van der Waals surface area contributed by atoms with Gasteiger partial charge in [0.15, 0.2) is 11.5 Å². The first-order valence-corrected chi connectivity index (χ1v) is 9.65. The molecule has 0 spiro atoms. The molecule has 1 amide bonds. The number of carbonyl (C=O) groups is 1. The number of rotatable bonds is 10. The second-order valence-corrected chi connectivity index (χ2v) is 6.46. The Kier molecular flexibility index (Phi) is 7.73. The Labute approximate surface area is 182 Å². The zero-order valence-electron chi connectivity index (χ0n) is 17.3. The van der Waals surface area contributed by atoms with Crippen LogP contribution in [-0.4, -0.2) is 47.6 Å². The van der Waals surface area contributed by atoms with E-state index in [0.717, 1.165) is 12.0 Å². The summed E-state index contributed by atoms with van der Waals surface area (Å²) in [6, 6.07) is 15.3. The van der Waals surface area contributed by atoms with Crippen LogP contribution < -0.4 is 31.5 Å². The Morgan fingerprint density at radius 3 is 2.72 bits per heavy atom. The molecular weight excluding hydrogens is 416 g/mol. The lowest BCUT2D eigenvalue weighted by Gasteiger charge is -2.13. The number of ether oxygens (including phenoxy) is 2. The number of aromatic nitrogens is 3. The molecule has 11 nitrogen and oxygen atoms in total. The molecule has 0 bridgehead atoms. The van der Waals surface area contributed by atoms with Crippen LogP contribution in [-0.2, 0) is 11.2 Å². The summed E-state index contributed by atoms with van der Waals surface area (Å²) in [7, 11) is 1.54. The number of para-hydroxylation sites is 1. The third-order valence-corrected chi connectivity index (χ3v) is 4.23. The SMILES string of the molecule is COc1cccc(/C=N/NC(=O)CNc2n[nH]c(=O)[nH]c2=O)c1OCCc1ccccc1. The number of nitrogens with one attached hydrogen (secondary N) is 4. The zero-order valence-corrected chi connectivity index (χ0v) is 17.3. The average Bonchev–Trinajstić information content (AvgIpc) is 2.80. The van der Waals surface area contributed by atoms with Crippen molar-refractivity contribution in [3.8, 4) is 11.5 Å². The molecule has 4 N–H and O–H groups in total. The van der Waals surface area contributed by atoms with Gasteiger partial charge in [0, 0.05) is 12.0 Å². The first kappa shape index (κ1) is 22.3. The van der Waals surface area contributed by atoms with Gasteiger partial charge in [-0.25, -0.2) is 15.3 Å². The van der Waals surface area contributed by atoms with Gasteiger partial charge in [-0.15, -0.1) is 5.10 Å². The van der Waals surface area contributed by atoms with Crippen molar-refractivity contribution < 1.29 is 14.3 Å². The Morgan fingerprint density at radius 1 is 1.16 bits per heavy atom. The molecule has 11 heteroatoms. The molecule has 32 heavy (non-hydrogen) atoms. The summed E-state index contributed by atoms with van der Waals surface area (Å²) in [4.78, 5) is 36.4. The first-order valence-electron chi connectivity index (χ1n) is 9.65. The minimum atomic E-state index is -0.741. The van der Waals surface area contributed by atoms with E-state index in [1.807, 2.05) is 35.3 Å². The minimum absolute atomic E-state index is 0.189. The van der Waals surface area contributed by atoms with E-state index in [2.05, 4.69) is 26.0 Å². The fraction of sp³-hybridized carbons (Fsp3) is 0.190. The third-order valence-electron chi connectivity index (χ3n) is 4.23. The van der Waals surface area contributed by atoms with Gasteiger partial charge in [-0.3, -0.25) is 14.6 Å². The van der Waals surface area contributed by atoms with Gasteiger partial charge in [-0.2, -0.15) is 5.10 Å². The molecule has 2 aromatic carbocycles. The summed E-state index contributed by atoms with van der Waals surface area (Å²) in [6.07, 6.45) is 2.15. The predicted octanol–water partition coefficient (Wildman–Crippen LogP) is 0.650. The predicted molar refractivity (Wildman–Crippen MR) is 118 cm³/mol. The van der Waals surface area contributed by atoms with Crippen molar-refractivity contribution in [3.05, 3.63) is 80.5 Å². The van der Waals surface area contributed by atoms with Crippen LogP contribution in [0.25, 0.3) is 0 Å². The van der Waals surface area contributed by atoms with Crippen molar-refractivity contribution in [2.45, 2.75) is 6.42 Å². The number of anilines is 1. The summed E-state index contributed by atoms with van der Waals surface area (Å²) in [5.41, 5.74) is 2.62. The molecule has 0 radical (unpaired) electrons. The van der Waals surface area contributed by atoms with Crippen LogP contribution in [0, 0.1) is 0 Å². The lowest BCUT2D eigenvalue weighted by molar-refractivity contribution is -0.119. The van der Waals surface area contributed by atoms with Crippen LogP contribution in [0.1, 0.15) is 11.1 Å². The van der Waals surface area contributed by atoms with E-state index in [4.69, 9.17) is 9.47 Å². The second-order valence-electron chi connectivity index (χ2n) is 6.46. The number of methoxy groups -OCH3 is 1. The molecule has 1 heterocycles. The normalized spacial score (nSPS) is 10.7. The third kappa shape index (κ3) is 6.29. The first-order chi connectivity index (χ1) is 15.6. The summed E-state index contributed by atoms with van der Waals surface area (Å²) in [5, 5.41) is 12.0. The fourth-order valence-corrected chi connectivity index (χ4v) is 2.71. The van der Waals surface area contributed by atoms with Crippen LogP contribution in [0.4, 0.5) is 5.82 Å². The summed E-state index contributed by atoms with van der Waals surface area (Å²) < 4.78 is 11.3. The summed E-state index contributed by atoms with van der Waals surface area (Å²) >= 11 is 0. The number of benzene rings is 2. The van der Waals surface area contributed by atoms with Crippen LogP contribution in [0.2, 0.25) is 0 Å². The fourth-order valence-electron chi connectivity index (χ4n) is 2.71. The van der Waals surface area contributed by atoms with Crippen LogP contribution in [0.15, 0.2) is 63.2 Å². The number of amides is 1. The number of nitrogens with zero attached hydrogens (tertiary/aromatic N) is 2. The van der Waals surface area contributed by atoms with E-state index >= 15 is 0 Å². The maximum absolute atomic E-state index is 12.0. The van der Waals surface area contributed by atoms with Crippen molar-refractivity contribution in [1.82, 2.24) is 20.6 Å². The molecule has 0 aliphatic carbocycles. The van der Waals surface area contributed by atoms with Crippen LogP contribution >= 0.6 is 0 Å². The van der Waals surface area contributed by atoms with Gasteiger partial charge in [0.25, 0.3) is 11.5 Å². The Hall–Kier alpha value is -4.41.